The second-order valence-electron chi connectivity index (χ2n) is 6.06. The van der Waals surface area contributed by atoms with Gasteiger partial charge in [0.15, 0.2) is 5.78 Å². The first kappa shape index (κ1) is 16.1. The van der Waals surface area contributed by atoms with Gasteiger partial charge in [-0.05, 0) is 37.8 Å². The SMILES string of the molecule is CC(=O)c1ccc(N2CCC(Cn3cncn3)CC2)c([N+](=O)[O-])c1. The number of carbonyl (C=O) groups excluding carboxylic acids is 1. The summed E-state index contributed by atoms with van der Waals surface area (Å²) in [7, 11) is 0. The standard InChI is InChI=1S/C16H19N5O3/c1-12(22)14-2-3-15(16(8-14)21(23)24)19-6-4-13(5-7-19)9-20-11-17-10-18-20/h2-3,8,10-11,13H,4-7,9H2,1H3. The average molecular weight is 329 g/mol. The predicted molar refractivity (Wildman–Crippen MR) is 88.1 cm³/mol. The molecule has 0 N–H and O–H groups in total. The maximum absolute atomic E-state index is 11.5. The van der Waals surface area contributed by atoms with Crippen molar-refractivity contribution < 1.29 is 9.72 Å². The van der Waals surface area contributed by atoms with E-state index in [9.17, 15) is 14.9 Å². The number of piperidine rings is 1. The van der Waals surface area contributed by atoms with E-state index in [-0.39, 0.29) is 11.5 Å². The van der Waals surface area contributed by atoms with Gasteiger partial charge >= 0.3 is 0 Å². The molecule has 0 atom stereocenters. The second-order valence-corrected chi connectivity index (χ2v) is 6.06. The van der Waals surface area contributed by atoms with Gasteiger partial charge in [-0.1, -0.05) is 0 Å². The Morgan fingerprint density at radius 1 is 1.38 bits per heavy atom. The lowest BCUT2D eigenvalue weighted by atomic mass is 9.96. The molecule has 0 saturated carbocycles. The van der Waals surface area contributed by atoms with Crippen molar-refractivity contribution in [3.05, 3.63) is 46.5 Å². The topological polar surface area (TPSA) is 94.2 Å². The zero-order valence-electron chi connectivity index (χ0n) is 13.5. The lowest BCUT2D eigenvalue weighted by Gasteiger charge is -2.33. The van der Waals surface area contributed by atoms with Gasteiger partial charge in [0, 0.05) is 31.3 Å². The largest absolute Gasteiger partial charge is 0.366 e. The van der Waals surface area contributed by atoms with E-state index in [0.717, 1.165) is 32.5 Å². The maximum Gasteiger partial charge on any atom is 0.293 e. The Labute approximate surface area is 139 Å². The molecule has 0 unspecified atom stereocenters. The molecular formula is C16H19N5O3. The minimum Gasteiger partial charge on any atom is -0.366 e. The van der Waals surface area contributed by atoms with Crippen LogP contribution in [0.1, 0.15) is 30.1 Å². The summed E-state index contributed by atoms with van der Waals surface area (Å²) in [5, 5.41) is 15.5. The first-order chi connectivity index (χ1) is 11.5. The Hall–Kier alpha value is -2.77. The average Bonchev–Trinajstić information content (AvgIpc) is 3.08. The third-order valence-corrected chi connectivity index (χ3v) is 4.45. The van der Waals surface area contributed by atoms with Crippen molar-refractivity contribution in [1.82, 2.24) is 14.8 Å². The van der Waals surface area contributed by atoms with Crippen LogP contribution < -0.4 is 4.90 Å². The molecule has 126 valence electrons. The summed E-state index contributed by atoms with van der Waals surface area (Å²) in [6.45, 7) is 3.73. The lowest BCUT2D eigenvalue weighted by molar-refractivity contribution is -0.384. The van der Waals surface area contributed by atoms with Crippen LogP contribution in [-0.4, -0.2) is 38.6 Å². The van der Waals surface area contributed by atoms with Gasteiger partial charge in [-0.15, -0.1) is 0 Å². The van der Waals surface area contributed by atoms with Crippen molar-refractivity contribution >= 4 is 17.2 Å². The van der Waals surface area contributed by atoms with Crippen LogP contribution in [-0.2, 0) is 6.54 Å². The molecule has 8 nitrogen and oxygen atoms in total. The van der Waals surface area contributed by atoms with E-state index in [1.165, 1.54) is 19.3 Å². The third kappa shape index (κ3) is 3.42. The molecule has 3 rings (SSSR count). The van der Waals surface area contributed by atoms with Crippen molar-refractivity contribution in [3.8, 4) is 0 Å². The summed E-state index contributed by atoms with van der Waals surface area (Å²) >= 11 is 0. The number of aromatic nitrogens is 3. The molecule has 0 bridgehead atoms. The van der Waals surface area contributed by atoms with E-state index in [0.29, 0.717) is 17.2 Å². The zero-order valence-corrected chi connectivity index (χ0v) is 13.5. The number of rotatable bonds is 5. The molecular weight excluding hydrogens is 310 g/mol. The number of hydrogen-bond donors (Lipinski definition) is 0. The summed E-state index contributed by atoms with van der Waals surface area (Å²) < 4.78 is 1.82. The summed E-state index contributed by atoms with van der Waals surface area (Å²) in [5.41, 5.74) is 0.952. The molecule has 1 aromatic carbocycles. The number of anilines is 1. The smallest absolute Gasteiger partial charge is 0.293 e. The van der Waals surface area contributed by atoms with Crippen molar-refractivity contribution in [2.45, 2.75) is 26.3 Å². The summed E-state index contributed by atoms with van der Waals surface area (Å²) in [6, 6.07) is 4.72. The number of carbonyl (C=O) groups is 1. The van der Waals surface area contributed by atoms with Gasteiger partial charge in [-0.2, -0.15) is 5.10 Å². The van der Waals surface area contributed by atoms with Gasteiger partial charge in [0.05, 0.1) is 4.92 Å². The van der Waals surface area contributed by atoms with Gasteiger partial charge in [0.2, 0.25) is 0 Å². The number of nitro benzene ring substituents is 1. The number of hydrogen-bond acceptors (Lipinski definition) is 6. The van der Waals surface area contributed by atoms with E-state index >= 15 is 0 Å². The molecule has 2 aromatic rings. The summed E-state index contributed by atoms with van der Waals surface area (Å²) in [5.74, 6) is 0.315. The highest BCUT2D eigenvalue weighted by atomic mass is 16.6. The number of nitrogens with zero attached hydrogens (tertiary/aromatic N) is 5. The summed E-state index contributed by atoms with van der Waals surface area (Å²) in [4.78, 5) is 28.4. The van der Waals surface area contributed by atoms with Gasteiger partial charge in [0.25, 0.3) is 5.69 Å². The van der Waals surface area contributed by atoms with Gasteiger partial charge < -0.3 is 4.90 Å². The molecule has 0 amide bonds. The van der Waals surface area contributed by atoms with Crippen LogP contribution >= 0.6 is 0 Å². The number of ketones is 1. The van der Waals surface area contributed by atoms with Gasteiger partial charge in [0.1, 0.15) is 18.3 Å². The Kier molecular flexibility index (Phi) is 4.54. The highest BCUT2D eigenvalue weighted by molar-refractivity contribution is 5.95. The fourth-order valence-corrected chi connectivity index (χ4v) is 3.10. The van der Waals surface area contributed by atoms with E-state index in [4.69, 9.17) is 0 Å². The number of nitro groups is 1. The molecule has 0 radical (unpaired) electrons. The zero-order chi connectivity index (χ0) is 17.1. The van der Waals surface area contributed by atoms with Gasteiger partial charge in [-0.25, -0.2) is 4.98 Å². The van der Waals surface area contributed by atoms with E-state index < -0.39 is 4.92 Å². The van der Waals surface area contributed by atoms with Crippen LogP contribution in [0.4, 0.5) is 11.4 Å². The van der Waals surface area contributed by atoms with Crippen molar-refractivity contribution in [1.29, 1.82) is 0 Å². The van der Waals surface area contributed by atoms with Crippen molar-refractivity contribution in [2.24, 2.45) is 5.92 Å². The second kappa shape index (κ2) is 6.77. The molecule has 1 aliphatic rings. The Morgan fingerprint density at radius 3 is 2.71 bits per heavy atom. The molecule has 8 heteroatoms. The normalized spacial score (nSPS) is 15.5. The van der Waals surface area contributed by atoms with E-state index in [1.807, 2.05) is 9.58 Å². The Morgan fingerprint density at radius 2 is 2.12 bits per heavy atom. The molecule has 2 heterocycles. The predicted octanol–water partition coefficient (Wildman–Crippen LogP) is 2.31. The minimum absolute atomic E-state index is 0.00238. The van der Waals surface area contributed by atoms with Crippen molar-refractivity contribution in [3.63, 3.8) is 0 Å². The minimum atomic E-state index is -0.413. The van der Waals surface area contributed by atoms with Gasteiger partial charge in [-0.3, -0.25) is 19.6 Å². The molecule has 0 aliphatic carbocycles. The monoisotopic (exact) mass is 329 g/mol. The molecule has 1 aliphatic heterocycles. The number of Topliss-reactive ketones (excluding diaryl/α,β-unsaturated/α-hetero) is 1. The van der Waals surface area contributed by atoms with Crippen LogP contribution in [0.2, 0.25) is 0 Å². The summed E-state index contributed by atoms with van der Waals surface area (Å²) in [6.07, 6.45) is 5.10. The van der Waals surface area contributed by atoms with Crippen molar-refractivity contribution in [2.75, 3.05) is 18.0 Å². The molecule has 0 spiro atoms. The van der Waals surface area contributed by atoms with Crippen LogP contribution in [0.3, 0.4) is 0 Å². The molecule has 1 saturated heterocycles. The quantitative estimate of drug-likeness (QED) is 0.474. The van der Waals surface area contributed by atoms with E-state index in [2.05, 4.69) is 10.1 Å². The highest BCUT2D eigenvalue weighted by Crippen LogP contribution is 2.32. The highest BCUT2D eigenvalue weighted by Gasteiger charge is 2.25. The maximum atomic E-state index is 11.5. The first-order valence-corrected chi connectivity index (χ1v) is 7.91. The molecule has 24 heavy (non-hydrogen) atoms. The van der Waals surface area contributed by atoms with Crippen LogP contribution in [0.5, 0.6) is 0 Å². The van der Waals surface area contributed by atoms with Crippen LogP contribution in [0.25, 0.3) is 0 Å². The van der Waals surface area contributed by atoms with Crippen LogP contribution in [0.15, 0.2) is 30.9 Å². The van der Waals surface area contributed by atoms with Crippen LogP contribution in [0, 0.1) is 16.0 Å². The number of benzene rings is 1. The molecule has 1 aromatic heterocycles. The fraction of sp³-hybridized carbons (Fsp3) is 0.438. The molecule has 1 fully saturated rings. The Bertz CT molecular complexity index is 736. The first-order valence-electron chi connectivity index (χ1n) is 7.91. The lowest BCUT2D eigenvalue weighted by Crippen LogP contribution is -2.35. The Balaban J connectivity index is 1.71. The third-order valence-electron chi connectivity index (χ3n) is 4.45. The fourth-order valence-electron chi connectivity index (χ4n) is 3.10. The van der Waals surface area contributed by atoms with E-state index in [1.54, 1.807) is 18.5 Å².